The Kier molecular flexibility index (Phi) is 3.43. The van der Waals surface area contributed by atoms with Crippen molar-refractivity contribution >= 4 is 27.3 Å². The summed E-state index contributed by atoms with van der Waals surface area (Å²) in [4.78, 5) is 21.0. The normalized spacial score (nSPS) is 10.7. The Morgan fingerprint density at radius 2 is 2.10 bits per heavy atom. The van der Waals surface area contributed by atoms with Crippen LogP contribution in [-0.4, -0.2) is 15.9 Å². The van der Waals surface area contributed by atoms with Gasteiger partial charge >= 0.3 is 0 Å². The van der Waals surface area contributed by atoms with E-state index in [2.05, 4.69) is 15.3 Å². The number of nitrogens with one attached hydrogen (secondary N) is 1. The molecule has 0 radical (unpaired) electrons. The first-order chi connectivity index (χ1) is 9.72. The number of nitrogens with zero attached hydrogens (tertiary/aromatic N) is 2. The van der Waals surface area contributed by atoms with E-state index in [4.69, 9.17) is 0 Å². The lowest BCUT2D eigenvalue weighted by molar-refractivity contribution is 0.0954. The minimum absolute atomic E-state index is 0.0672. The summed E-state index contributed by atoms with van der Waals surface area (Å²) in [5.41, 5.74) is 1.71. The first-order valence-electron chi connectivity index (χ1n) is 6.27. The van der Waals surface area contributed by atoms with Crippen LogP contribution in [0.25, 0.3) is 10.1 Å². The first kappa shape index (κ1) is 12.7. The second-order valence-electron chi connectivity index (χ2n) is 4.48. The van der Waals surface area contributed by atoms with Crippen molar-refractivity contribution in [2.45, 2.75) is 13.5 Å². The van der Waals surface area contributed by atoms with Crippen LogP contribution in [0.3, 0.4) is 0 Å². The SMILES string of the molecule is Cc1cc(CNC(=O)c2cc3ccccc3s2)ncn1. The molecule has 1 aromatic carbocycles. The van der Waals surface area contributed by atoms with Gasteiger partial charge in [-0.1, -0.05) is 18.2 Å². The van der Waals surface area contributed by atoms with Gasteiger partial charge in [0, 0.05) is 10.4 Å². The molecule has 3 rings (SSSR count). The molecule has 3 aromatic rings. The Hall–Kier alpha value is -2.27. The van der Waals surface area contributed by atoms with E-state index in [9.17, 15) is 4.79 Å². The number of fused-ring (bicyclic) bond motifs is 1. The van der Waals surface area contributed by atoms with E-state index in [1.807, 2.05) is 43.3 Å². The second kappa shape index (κ2) is 5.38. The van der Waals surface area contributed by atoms with Crippen molar-refractivity contribution in [3.63, 3.8) is 0 Å². The first-order valence-corrected chi connectivity index (χ1v) is 7.08. The highest BCUT2D eigenvalue weighted by Gasteiger charge is 2.09. The molecule has 0 spiro atoms. The maximum atomic E-state index is 12.1. The quantitative estimate of drug-likeness (QED) is 0.804. The van der Waals surface area contributed by atoms with Crippen LogP contribution in [0, 0.1) is 6.92 Å². The van der Waals surface area contributed by atoms with Crippen LogP contribution in [0.4, 0.5) is 0 Å². The zero-order valence-corrected chi connectivity index (χ0v) is 11.8. The summed E-state index contributed by atoms with van der Waals surface area (Å²) in [6, 6.07) is 11.8. The predicted molar refractivity (Wildman–Crippen MR) is 79.8 cm³/mol. The number of amides is 1. The summed E-state index contributed by atoms with van der Waals surface area (Å²) in [5, 5.41) is 3.98. The van der Waals surface area contributed by atoms with Gasteiger partial charge in [-0.2, -0.15) is 0 Å². The van der Waals surface area contributed by atoms with Crippen molar-refractivity contribution in [2.75, 3.05) is 0 Å². The summed E-state index contributed by atoms with van der Waals surface area (Å²) >= 11 is 1.50. The minimum atomic E-state index is -0.0672. The zero-order valence-electron chi connectivity index (χ0n) is 11.0. The van der Waals surface area contributed by atoms with E-state index in [1.54, 1.807) is 0 Å². The summed E-state index contributed by atoms with van der Waals surface area (Å²) < 4.78 is 1.12. The Morgan fingerprint density at radius 3 is 2.90 bits per heavy atom. The Bertz CT molecular complexity index is 733. The lowest BCUT2D eigenvalue weighted by Crippen LogP contribution is -2.22. The predicted octanol–water partition coefficient (Wildman–Crippen LogP) is 2.93. The Morgan fingerprint density at radius 1 is 1.25 bits per heavy atom. The second-order valence-corrected chi connectivity index (χ2v) is 5.57. The molecular weight excluding hydrogens is 270 g/mol. The molecule has 0 aliphatic heterocycles. The summed E-state index contributed by atoms with van der Waals surface area (Å²) in [7, 11) is 0. The number of aryl methyl sites for hydroxylation is 1. The lowest BCUT2D eigenvalue weighted by Gasteiger charge is -2.03. The topological polar surface area (TPSA) is 54.9 Å². The largest absolute Gasteiger partial charge is 0.346 e. The maximum absolute atomic E-state index is 12.1. The van der Waals surface area contributed by atoms with Crippen molar-refractivity contribution in [1.82, 2.24) is 15.3 Å². The van der Waals surface area contributed by atoms with Gasteiger partial charge in [0.15, 0.2) is 0 Å². The van der Waals surface area contributed by atoms with Crippen LogP contribution in [0.15, 0.2) is 42.7 Å². The average Bonchev–Trinajstić information content (AvgIpc) is 2.89. The fourth-order valence-electron chi connectivity index (χ4n) is 1.96. The monoisotopic (exact) mass is 283 g/mol. The number of aromatic nitrogens is 2. The number of carbonyl (C=O) groups excluding carboxylic acids is 1. The molecule has 5 heteroatoms. The summed E-state index contributed by atoms with van der Waals surface area (Å²) in [5.74, 6) is -0.0672. The molecule has 100 valence electrons. The third-order valence-electron chi connectivity index (χ3n) is 2.94. The number of hydrogen-bond donors (Lipinski definition) is 1. The number of rotatable bonds is 3. The van der Waals surface area contributed by atoms with Gasteiger partial charge in [0.05, 0.1) is 17.1 Å². The van der Waals surface area contributed by atoms with Gasteiger partial charge in [-0.3, -0.25) is 4.79 Å². The molecule has 2 aromatic heterocycles. The third kappa shape index (κ3) is 2.67. The summed E-state index contributed by atoms with van der Waals surface area (Å²) in [6.07, 6.45) is 1.51. The van der Waals surface area contributed by atoms with Crippen LogP contribution in [-0.2, 0) is 6.54 Å². The van der Waals surface area contributed by atoms with Crippen LogP contribution >= 0.6 is 11.3 Å². The standard InChI is InChI=1S/C15H13N3OS/c1-10-6-12(18-9-17-10)8-16-15(19)14-7-11-4-2-3-5-13(11)20-14/h2-7,9H,8H2,1H3,(H,16,19). The highest BCUT2D eigenvalue weighted by atomic mass is 32.1. The van der Waals surface area contributed by atoms with Gasteiger partial charge < -0.3 is 5.32 Å². The van der Waals surface area contributed by atoms with Crippen molar-refractivity contribution in [3.05, 3.63) is 59.0 Å². The van der Waals surface area contributed by atoms with E-state index < -0.39 is 0 Å². The highest BCUT2D eigenvalue weighted by Crippen LogP contribution is 2.25. The van der Waals surface area contributed by atoms with E-state index in [1.165, 1.54) is 17.7 Å². The molecule has 0 saturated carbocycles. The van der Waals surface area contributed by atoms with Gasteiger partial charge in [0.1, 0.15) is 6.33 Å². The molecular formula is C15H13N3OS. The van der Waals surface area contributed by atoms with Gasteiger partial charge in [0.2, 0.25) is 0 Å². The molecule has 1 amide bonds. The number of thiophene rings is 1. The minimum Gasteiger partial charge on any atom is -0.346 e. The van der Waals surface area contributed by atoms with Crippen molar-refractivity contribution in [2.24, 2.45) is 0 Å². The molecule has 4 nitrogen and oxygen atoms in total. The highest BCUT2D eigenvalue weighted by molar-refractivity contribution is 7.20. The fourth-order valence-corrected chi connectivity index (χ4v) is 2.94. The molecule has 0 unspecified atom stereocenters. The summed E-state index contributed by atoms with van der Waals surface area (Å²) in [6.45, 7) is 2.31. The number of benzene rings is 1. The molecule has 2 heterocycles. The van der Waals surface area contributed by atoms with Crippen molar-refractivity contribution < 1.29 is 4.79 Å². The van der Waals surface area contributed by atoms with Crippen LogP contribution in [0.5, 0.6) is 0 Å². The Labute approximate surface area is 120 Å². The maximum Gasteiger partial charge on any atom is 0.261 e. The average molecular weight is 283 g/mol. The lowest BCUT2D eigenvalue weighted by atomic mass is 10.2. The molecule has 0 bridgehead atoms. The molecule has 0 saturated heterocycles. The van der Waals surface area contributed by atoms with E-state index in [-0.39, 0.29) is 5.91 Å². The van der Waals surface area contributed by atoms with Crippen molar-refractivity contribution in [3.8, 4) is 0 Å². The van der Waals surface area contributed by atoms with Crippen LogP contribution in [0.1, 0.15) is 21.1 Å². The zero-order chi connectivity index (χ0) is 13.9. The molecule has 0 aliphatic rings. The van der Waals surface area contributed by atoms with Gasteiger partial charge in [-0.15, -0.1) is 11.3 Å². The van der Waals surface area contributed by atoms with E-state index in [0.717, 1.165) is 26.4 Å². The fraction of sp³-hybridized carbons (Fsp3) is 0.133. The van der Waals surface area contributed by atoms with Crippen LogP contribution in [0.2, 0.25) is 0 Å². The molecule has 0 aliphatic carbocycles. The van der Waals surface area contributed by atoms with Gasteiger partial charge in [-0.05, 0) is 30.5 Å². The van der Waals surface area contributed by atoms with Gasteiger partial charge in [0.25, 0.3) is 5.91 Å². The van der Waals surface area contributed by atoms with Gasteiger partial charge in [-0.25, -0.2) is 9.97 Å². The Balaban J connectivity index is 1.73. The molecule has 0 fully saturated rings. The number of hydrogen-bond acceptors (Lipinski definition) is 4. The van der Waals surface area contributed by atoms with E-state index in [0.29, 0.717) is 6.54 Å². The molecule has 20 heavy (non-hydrogen) atoms. The van der Waals surface area contributed by atoms with Crippen molar-refractivity contribution in [1.29, 1.82) is 0 Å². The molecule has 0 atom stereocenters. The number of carbonyl (C=O) groups is 1. The third-order valence-corrected chi connectivity index (χ3v) is 4.05. The molecule has 1 N–H and O–H groups in total. The van der Waals surface area contributed by atoms with Crippen LogP contribution < -0.4 is 5.32 Å². The van der Waals surface area contributed by atoms with E-state index >= 15 is 0 Å². The smallest absolute Gasteiger partial charge is 0.261 e.